The lowest BCUT2D eigenvalue weighted by molar-refractivity contribution is 0.352. The van der Waals surface area contributed by atoms with E-state index in [1.54, 1.807) is 14.2 Å². The minimum absolute atomic E-state index is 0. The summed E-state index contributed by atoms with van der Waals surface area (Å²) in [5.74, 6) is 2.39. The summed E-state index contributed by atoms with van der Waals surface area (Å²) < 4.78 is 11.0. The number of nitrogens with zero attached hydrogens (tertiary/aromatic N) is 1. The monoisotopic (exact) mass is 473 g/mol. The van der Waals surface area contributed by atoms with Crippen molar-refractivity contribution in [3.05, 3.63) is 35.9 Å². The topological polar surface area (TPSA) is 54.9 Å². The third-order valence-corrected chi connectivity index (χ3v) is 4.44. The van der Waals surface area contributed by atoms with Gasteiger partial charge in [0.25, 0.3) is 0 Å². The number of allylic oxidation sites excluding steroid dienone is 1. The molecule has 0 aliphatic heterocycles. The zero-order chi connectivity index (χ0) is 18.1. The molecular formula is C20H32IN3O2. The second-order valence-corrected chi connectivity index (χ2v) is 6.30. The van der Waals surface area contributed by atoms with E-state index in [9.17, 15) is 0 Å². The van der Waals surface area contributed by atoms with E-state index < -0.39 is 0 Å². The Morgan fingerprint density at radius 3 is 2.58 bits per heavy atom. The summed E-state index contributed by atoms with van der Waals surface area (Å²) in [6.45, 7) is 7.36. The van der Waals surface area contributed by atoms with Gasteiger partial charge < -0.3 is 20.1 Å². The molecule has 0 bridgehead atoms. The van der Waals surface area contributed by atoms with Crippen molar-refractivity contribution in [3.63, 3.8) is 0 Å². The van der Waals surface area contributed by atoms with Crippen LogP contribution in [0.15, 0.2) is 29.8 Å². The number of nitrogens with one attached hydrogen (secondary N) is 2. The Morgan fingerprint density at radius 2 is 2.00 bits per heavy atom. The number of rotatable bonds is 8. The van der Waals surface area contributed by atoms with Crippen LogP contribution in [0.2, 0.25) is 0 Å². The highest BCUT2D eigenvalue weighted by atomic mass is 127. The molecule has 2 rings (SSSR count). The molecule has 2 N–H and O–H groups in total. The number of ether oxygens (including phenoxy) is 2. The maximum atomic E-state index is 5.49. The second-order valence-electron chi connectivity index (χ2n) is 6.30. The van der Waals surface area contributed by atoms with Gasteiger partial charge >= 0.3 is 0 Å². The van der Waals surface area contributed by atoms with Gasteiger partial charge in [0.05, 0.1) is 20.8 Å². The Hall–Kier alpha value is -1.44. The van der Waals surface area contributed by atoms with Crippen LogP contribution < -0.4 is 20.1 Å². The Bertz CT molecular complexity index is 599. The fraction of sp³-hybridized carbons (Fsp3) is 0.550. The summed E-state index contributed by atoms with van der Waals surface area (Å²) >= 11 is 0. The molecule has 0 spiro atoms. The van der Waals surface area contributed by atoms with E-state index >= 15 is 0 Å². The van der Waals surface area contributed by atoms with Crippen molar-refractivity contribution in [3.8, 4) is 11.5 Å². The molecule has 0 unspecified atom stereocenters. The Morgan fingerprint density at radius 1 is 1.27 bits per heavy atom. The van der Waals surface area contributed by atoms with Crippen molar-refractivity contribution in [1.82, 2.24) is 10.6 Å². The summed E-state index contributed by atoms with van der Waals surface area (Å²) in [6.07, 6.45) is 7.66. The average molecular weight is 473 g/mol. The number of halogens is 1. The largest absolute Gasteiger partial charge is 0.493 e. The molecule has 26 heavy (non-hydrogen) atoms. The number of aliphatic imine (C=N–C) groups is 1. The molecule has 0 saturated heterocycles. The van der Waals surface area contributed by atoms with Crippen molar-refractivity contribution in [2.45, 2.75) is 51.6 Å². The van der Waals surface area contributed by atoms with Crippen LogP contribution in [-0.2, 0) is 13.0 Å². The van der Waals surface area contributed by atoms with E-state index in [1.807, 2.05) is 12.1 Å². The summed E-state index contributed by atoms with van der Waals surface area (Å²) in [6, 6.07) is 4.65. The van der Waals surface area contributed by atoms with Gasteiger partial charge in [-0.2, -0.15) is 0 Å². The van der Waals surface area contributed by atoms with E-state index in [0.29, 0.717) is 12.6 Å². The summed E-state index contributed by atoms with van der Waals surface area (Å²) in [5.41, 5.74) is 2.16. The molecule has 0 aromatic heterocycles. The smallest absolute Gasteiger partial charge is 0.191 e. The number of benzene rings is 1. The lowest BCUT2D eigenvalue weighted by Crippen LogP contribution is -2.42. The Kier molecular flexibility index (Phi) is 10.5. The maximum absolute atomic E-state index is 5.49. The van der Waals surface area contributed by atoms with E-state index in [1.165, 1.54) is 25.7 Å². The highest BCUT2D eigenvalue weighted by Gasteiger charge is 2.16. The van der Waals surface area contributed by atoms with Gasteiger partial charge in [-0.05, 0) is 43.9 Å². The predicted octanol–water partition coefficient (Wildman–Crippen LogP) is 4.05. The van der Waals surface area contributed by atoms with Crippen LogP contribution in [0, 0.1) is 0 Å². The molecule has 0 radical (unpaired) electrons. The lowest BCUT2D eigenvalue weighted by atomic mass is 10.1. The molecule has 5 nitrogen and oxygen atoms in total. The molecular weight excluding hydrogens is 441 g/mol. The maximum Gasteiger partial charge on any atom is 0.191 e. The van der Waals surface area contributed by atoms with Gasteiger partial charge in [0.2, 0.25) is 0 Å². The van der Waals surface area contributed by atoms with Crippen molar-refractivity contribution >= 4 is 29.9 Å². The third-order valence-electron chi connectivity index (χ3n) is 4.44. The number of guanidine groups is 1. The molecule has 1 aromatic rings. The molecule has 1 aliphatic carbocycles. The van der Waals surface area contributed by atoms with E-state index in [2.05, 4.69) is 30.2 Å². The number of methoxy groups -OCH3 is 2. The molecule has 1 saturated carbocycles. The van der Waals surface area contributed by atoms with Crippen molar-refractivity contribution in [1.29, 1.82) is 0 Å². The second kappa shape index (κ2) is 12.0. The van der Waals surface area contributed by atoms with Crippen molar-refractivity contribution in [2.24, 2.45) is 4.99 Å². The first kappa shape index (κ1) is 22.6. The zero-order valence-electron chi connectivity index (χ0n) is 16.1. The van der Waals surface area contributed by atoms with Gasteiger partial charge in [0.15, 0.2) is 17.5 Å². The minimum Gasteiger partial charge on any atom is -0.493 e. The van der Waals surface area contributed by atoms with Crippen LogP contribution in [0.4, 0.5) is 0 Å². The molecule has 1 aliphatic rings. The van der Waals surface area contributed by atoms with Crippen molar-refractivity contribution in [2.75, 3.05) is 20.8 Å². The van der Waals surface area contributed by atoms with E-state index in [0.717, 1.165) is 41.6 Å². The van der Waals surface area contributed by atoms with Crippen LogP contribution in [0.1, 0.15) is 43.7 Å². The lowest BCUT2D eigenvalue weighted by Gasteiger charge is -2.17. The number of hydrogen-bond acceptors (Lipinski definition) is 3. The third kappa shape index (κ3) is 6.37. The Balaban J connectivity index is 0.00000338. The van der Waals surface area contributed by atoms with Gasteiger partial charge in [-0.15, -0.1) is 30.6 Å². The van der Waals surface area contributed by atoms with Crippen LogP contribution in [-0.4, -0.2) is 32.8 Å². The van der Waals surface area contributed by atoms with Crippen LogP contribution >= 0.6 is 24.0 Å². The summed E-state index contributed by atoms with van der Waals surface area (Å²) in [5, 5.41) is 6.88. The quantitative estimate of drug-likeness (QED) is 0.259. The first-order valence-corrected chi connectivity index (χ1v) is 9.11. The molecule has 6 heteroatoms. The predicted molar refractivity (Wildman–Crippen MR) is 119 cm³/mol. The molecule has 0 atom stereocenters. The Labute approximate surface area is 174 Å². The highest BCUT2D eigenvalue weighted by Crippen LogP contribution is 2.33. The normalized spacial score (nSPS) is 14.5. The summed E-state index contributed by atoms with van der Waals surface area (Å²) in [4.78, 5) is 4.75. The van der Waals surface area contributed by atoms with Gasteiger partial charge in [0, 0.05) is 18.2 Å². The molecule has 0 heterocycles. The zero-order valence-corrected chi connectivity index (χ0v) is 18.5. The first-order valence-electron chi connectivity index (χ1n) is 9.11. The van der Waals surface area contributed by atoms with Gasteiger partial charge in [-0.3, -0.25) is 0 Å². The molecule has 1 aromatic carbocycles. The highest BCUT2D eigenvalue weighted by molar-refractivity contribution is 14.0. The fourth-order valence-electron chi connectivity index (χ4n) is 3.26. The molecule has 1 fully saturated rings. The number of hydrogen-bond donors (Lipinski definition) is 2. The first-order chi connectivity index (χ1) is 12.2. The SMILES string of the molecule is C=CCc1cc(CN=C(NCC)NC2CCCC2)cc(OC)c1OC.I. The standard InChI is InChI=1S/C20H31N3O2.HI/c1-5-9-16-12-15(13-18(24-3)19(16)25-4)14-22-20(21-6-2)23-17-10-7-8-11-17;/h5,12-13,17H,1,6-11,14H2,2-4H3,(H2,21,22,23);1H. The molecule has 146 valence electrons. The fourth-order valence-corrected chi connectivity index (χ4v) is 3.26. The summed E-state index contributed by atoms with van der Waals surface area (Å²) in [7, 11) is 3.32. The van der Waals surface area contributed by atoms with Crippen LogP contribution in [0.3, 0.4) is 0 Å². The van der Waals surface area contributed by atoms with Crippen LogP contribution in [0.25, 0.3) is 0 Å². The minimum atomic E-state index is 0. The van der Waals surface area contributed by atoms with Gasteiger partial charge in [-0.25, -0.2) is 4.99 Å². The molecule has 0 amide bonds. The average Bonchev–Trinajstić information content (AvgIpc) is 3.12. The van der Waals surface area contributed by atoms with Crippen molar-refractivity contribution < 1.29 is 9.47 Å². The van der Waals surface area contributed by atoms with E-state index in [4.69, 9.17) is 14.5 Å². The van der Waals surface area contributed by atoms with Gasteiger partial charge in [-0.1, -0.05) is 18.9 Å². The van der Waals surface area contributed by atoms with Crippen LogP contribution in [0.5, 0.6) is 11.5 Å². The van der Waals surface area contributed by atoms with E-state index in [-0.39, 0.29) is 24.0 Å². The van der Waals surface area contributed by atoms with Gasteiger partial charge in [0.1, 0.15) is 0 Å².